The van der Waals surface area contributed by atoms with E-state index in [1.165, 1.54) is 23.5 Å². The van der Waals surface area contributed by atoms with Crippen LogP contribution < -0.4 is 4.74 Å². The Morgan fingerprint density at radius 2 is 1.64 bits per heavy atom. The molecule has 3 rings (SSSR count). The smallest absolute Gasteiger partial charge is 0.198 e. The molecule has 1 heterocycles. The second-order valence-electron chi connectivity index (χ2n) is 4.61. The number of halogens is 2. The number of para-hydroxylation sites is 1. The number of aliphatic hydroxyl groups is 1. The Morgan fingerprint density at radius 1 is 0.955 bits per heavy atom. The number of rotatable bonds is 4. The minimum atomic E-state index is -0.766. The molecule has 0 fully saturated rings. The summed E-state index contributed by atoms with van der Waals surface area (Å²) in [6, 6.07) is 14.4. The molecule has 0 amide bonds. The van der Waals surface area contributed by atoms with Crippen molar-refractivity contribution in [2.75, 3.05) is 0 Å². The zero-order valence-electron chi connectivity index (χ0n) is 11.4. The second-order valence-corrected chi connectivity index (χ2v) is 5.78. The van der Waals surface area contributed by atoms with E-state index in [0.717, 1.165) is 4.88 Å². The number of thiophene rings is 1. The van der Waals surface area contributed by atoms with Gasteiger partial charge >= 0.3 is 0 Å². The zero-order valence-corrected chi connectivity index (χ0v) is 12.2. The van der Waals surface area contributed by atoms with Crippen LogP contribution in [0.1, 0.15) is 4.88 Å². The van der Waals surface area contributed by atoms with Gasteiger partial charge in [-0.3, -0.25) is 0 Å². The molecule has 0 aliphatic heterocycles. The summed E-state index contributed by atoms with van der Waals surface area (Å²) >= 11 is 1.29. The van der Waals surface area contributed by atoms with Gasteiger partial charge in [0.25, 0.3) is 0 Å². The maximum absolute atomic E-state index is 14.2. The van der Waals surface area contributed by atoms with Crippen LogP contribution in [0.2, 0.25) is 0 Å². The molecule has 0 saturated carbocycles. The summed E-state index contributed by atoms with van der Waals surface area (Å²) in [7, 11) is 0. The van der Waals surface area contributed by atoms with Crippen LogP contribution in [0.15, 0.2) is 54.6 Å². The maximum atomic E-state index is 14.2. The van der Waals surface area contributed by atoms with E-state index in [2.05, 4.69) is 0 Å². The summed E-state index contributed by atoms with van der Waals surface area (Å²) in [6.07, 6.45) is 0. The van der Waals surface area contributed by atoms with E-state index in [9.17, 15) is 8.78 Å². The van der Waals surface area contributed by atoms with Gasteiger partial charge in [0.15, 0.2) is 17.4 Å². The molecule has 112 valence electrons. The summed E-state index contributed by atoms with van der Waals surface area (Å²) in [5.41, 5.74) is 0.417. The van der Waals surface area contributed by atoms with Crippen LogP contribution in [0.3, 0.4) is 0 Å². The van der Waals surface area contributed by atoms with Crippen molar-refractivity contribution in [3.8, 4) is 21.9 Å². The third-order valence-electron chi connectivity index (χ3n) is 3.06. The topological polar surface area (TPSA) is 29.5 Å². The van der Waals surface area contributed by atoms with Crippen LogP contribution in [-0.2, 0) is 6.61 Å². The van der Waals surface area contributed by atoms with Crippen molar-refractivity contribution in [2.24, 2.45) is 0 Å². The fourth-order valence-electron chi connectivity index (χ4n) is 2.02. The summed E-state index contributed by atoms with van der Waals surface area (Å²) in [5.74, 6) is -1.59. The van der Waals surface area contributed by atoms with Gasteiger partial charge in [-0.2, -0.15) is 0 Å². The van der Waals surface area contributed by atoms with Gasteiger partial charge in [-0.15, -0.1) is 11.3 Å². The summed E-state index contributed by atoms with van der Waals surface area (Å²) in [5, 5.41) is 9.06. The zero-order chi connectivity index (χ0) is 15.5. The standard InChI is InChI=1S/C17H12F2O2S/c18-14-8-11(16-7-6-13(10-20)22-16)9-15(19)17(14)21-12-4-2-1-3-5-12/h1-9,20H,10H2. The van der Waals surface area contributed by atoms with Crippen molar-refractivity contribution in [2.45, 2.75) is 6.61 Å². The van der Waals surface area contributed by atoms with Crippen LogP contribution >= 0.6 is 11.3 Å². The van der Waals surface area contributed by atoms with Crippen molar-refractivity contribution < 1.29 is 18.6 Å². The molecule has 0 radical (unpaired) electrons. The van der Waals surface area contributed by atoms with E-state index in [4.69, 9.17) is 9.84 Å². The van der Waals surface area contributed by atoms with Crippen LogP contribution in [0.5, 0.6) is 11.5 Å². The van der Waals surface area contributed by atoms with Gasteiger partial charge in [-0.1, -0.05) is 18.2 Å². The average molecular weight is 318 g/mol. The summed E-state index contributed by atoms with van der Waals surface area (Å²) in [6.45, 7) is -0.0924. The fraction of sp³-hybridized carbons (Fsp3) is 0.0588. The van der Waals surface area contributed by atoms with Gasteiger partial charge in [0.2, 0.25) is 0 Å². The minimum Gasteiger partial charge on any atom is -0.451 e. The summed E-state index contributed by atoms with van der Waals surface area (Å²) < 4.78 is 33.6. The highest BCUT2D eigenvalue weighted by Crippen LogP contribution is 2.34. The molecule has 1 aromatic heterocycles. The first-order valence-corrected chi connectivity index (χ1v) is 7.41. The molecule has 0 unspecified atom stereocenters. The molecule has 2 aromatic carbocycles. The number of hydrogen-bond donors (Lipinski definition) is 1. The normalized spacial score (nSPS) is 10.7. The largest absolute Gasteiger partial charge is 0.451 e. The third-order valence-corrected chi connectivity index (χ3v) is 4.18. The fourth-order valence-corrected chi connectivity index (χ4v) is 2.88. The average Bonchev–Trinajstić information content (AvgIpc) is 3.01. The molecule has 0 aliphatic carbocycles. The van der Waals surface area contributed by atoms with Crippen LogP contribution in [0.25, 0.3) is 10.4 Å². The predicted molar refractivity (Wildman–Crippen MR) is 82.1 cm³/mol. The highest BCUT2D eigenvalue weighted by atomic mass is 32.1. The van der Waals surface area contributed by atoms with E-state index in [1.807, 2.05) is 0 Å². The highest BCUT2D eigenvalue weighted by Gasteiger charge is 2.15. The van der Waals surface area contributed by atoms with E-state index in [-0.39, 0.29) is 6.61 Å². The third kappa shape index (κ3) is 3.00. The summed E-state index contributed by atoms with van der Waals surface area (Å²) in [4.78, 5) is 1.42. The minimum absolute atomic E-state index is 0.0924. The van der Waals surface area contributed by atoms with Crippen LogP contribution in [-0.4, -0.2) is 5.11 Å². The molecule has 22 heavy (non-hydrogen) atoms. The van der Waals surface area contributed by atoms with Crippen molar-refractivity contribution in [3.63, 3.8) is 0 Å². The van der Waals surface area contributed by atoms with Gasteiger partial charge in [-0.05, 0) is 42.0 Å². The molecule has 0 aliphatic rings. The maximum Gasteiger partial charge on any atom is 0.198 e. The SMILES string of the molecule is OCc1ccc(-c2cc(F)c(Oc3ccccc3)c(F)c2)s1. The molecule has 0 atom stereocenters. The first-order chi connectivity index (χ1) is 10.7. The van der Waals surface area contributed by atoms with Crippen molar-refractivity contribution >= 4 is 11.3 Å². The molecule has 3 aromatic rings. The highest BCUT2D eigenvalue weighted by molar-refractivity contribution is 7.15. The lowest BCUT2D eigenvalue weighted by molar-refractivity contribution is 0.285. The molecular formula is C17H12F2O2S. The Balaban J connectivity index is 1.94. The molecule has 2 nitrogen and oxygen atoms in total. The quantitative estimate of drug-likeness (QED) is 0.735. The Morgan fingerprint density at radius 3 is 2.23 bits per heavy atom. The van der Waals surface area contributed by atoms with Gasteiger partial charge in [0, 0.05) is 9.75 Å². The molecular weight excluding hydrogens is 306 g/mol. The van der Waals surface area contributed by atoms with E-state index < -0.39 is 17.4 Å². The second kappa shape index (κ2) is 6.25. The molecule has 1 N–H and O–H groups in total. The van der Waals surface area contributed by atoms with Gasteiger partial charge in [0.1, 0.15) is 5.75 Å². The van der Waals surface area contributed by atoms with E-state index in [1.54, 1.807) is 42.5 Å². The number of benzene rings is 2. The van der Waals surface area contributed by atoms with E-state index >= 15 is 0 Å². The van der Waals surface area contributed by atoms with Crippen molar-refractivity contribution in [3.05, 3.63) is 71.1 Å². The first kappa shape index (κ1) is 14.7. The van der Waals surface area contributed by atoms with Crippen molar-refractivity contribution in [1.29, 1.82) is 0 Å². The Kier molecular flexibility index (Phi) is 4.18. The molecule has 0 bridgehead atoms. The Hall–Kier alpha value is -2.24. The number of hydrogen-bond acceptors (Lipinski definition) is 3. The monoisotopic (exact) mass is 318 g/mol. The van der Waals surface area contributed by atoms with Gasteiger partial charge < -0.3 is 9.84 Å². The molecule has 5 heteroatoms. The van der Waals surface area contributed by atoms with Crippen molar-refractivity contribution in [1.82, 2.24) is 0 Å². The molecule has 0 spiro atoms. The van der Waals surface area contributed by atoms with Gasteiger partial charge in [-0.25, -0.2) is 8.78 Å². The van der Waals surface area contributed by atoms with Crippen LogP contribution in [0.4, 0.5) is 8.78 Å². The van der Waals surface area contributed by atoms with E-state index in [0.29, 0.717) is 16.2 Å². The lowest BCUT2D eigenvalue weighted by atomic mass is 10.1. The predicted octanol–water partition coefficient (Wildman–Crippen LogP) is 4.98. The number of ether oxygens (including phenoxy) is 1. The first-order valence-electron chi connectivity index (χ1n) is 6.59. The Bertz CT molecular complexity index is 761. The number of aliphatic hydroxyl groups excluding tert-OH is 1. The van der Waals surface area contributed by atoms with Crippen LogP contribution in [0, 0.1) is 11.6 Å². The lowest BCUT2D eigenvalue weighted by Gasteiger charge is -2.09. The van der Waals surface area contributed by atoms with Gasteiger partial charge in [0.05, 0.1) is 6.61 Å². The Labute approximate surface area is 130 Å². The molecule has 0 saturated heterocycles. The lowest BCUT2D eigenvalue weighted by Crippen LogP contribution is -1.93.